The average molecular weight is 450 g/mol. The van der Waals surface area contributed by atoms with Gasteiger partial charge in [0.2, 0.25) is 0 Å². The van der Waals surface area contributed by atoms with Gasteiger partial charge < -0.3 is 14.7 Å². The highest BCUT2D eigenvalue weighted by molar-refractivity contribution is 7.92. The minimum atomic E-state index is -4.11. The van der Waals surface area contributed by atoms with Gasteiger partial charge in [-0.15, -0.1) is 0 Å². The van der Waals surface area contributed by atoms with Crippen molar-refractivity contribution in [1.29, 1.82) is 0 Å². The van der Waals surface area contributed by atoms with E-state index in [4.69, 9.17) is 4.74 Å². The fourth-order valence-corrected chi connectivity index (χ4v) is 5.25. The molecule has 3 rings (SSSR count). The van der Waals surface area contributed by atoms with Crippen LogP contribution < -0.4 is 9.04 Å². The van der Waals surface area contributed by atoms with Crippen LogP contribution in [0.3, 0.4) is 0 Å². The summed E-state index contributed by atoms with van der Waals surface area (Å²) in [6.45, 7) is 1.76. The summed E-state index contributed by atoms with van der Waals surface area (Å²) in [7, 11) is -2.75. The number of hydrogen-bond acceptors (Lipinski definition) is 7. The van der Waals surface area contributed by atoms with Gasteiger partial charge in [-0.2, -0.15) is 0 Å². The van der Waals surface area contributed by atoms with E-state index in [1.165, 1.54) is 31.4 Å². The largest absolute Gasteiger partial charge is 0.495 e. The lowest BCUT2D eigenvalue weighted by Crippen LogP contribution is -2.44. The topological polar surface area (TPSA) is 113 Å². The number of benzene rings is 2. The third-order valence-electron chi connectivity index (χ3n) is 5.27. The van der Waals surface area contributed by atoms with Crippen LogP contribution in [0.15, 0.2) is 53.4 Å². The molecule has 31 heavy (non-hydrogen) atoms. The lowest BCUT2D eigenvalue weighted by Gasteiger charge is -2.32. The Morgan fingerprint density at radius 2 is 1.84 bits per heavy atom. The van der Waals surface area contributed by atoms with E-state index in [-0.39, 0.29) is 28.6 Å². The Morgan fingerprint density at radius 1 is 1.16 bits per heavy atom. The van der Waals surface area contributed by atoms with Crippen LogP contribution in [0.5, 0.6) is 5.75 Å². The first-order valence-corrected chi connectivity index (χ1v) is 11.6. The zero-order valence-electron chi connectivity index (χ0n) is 17.4. The zero-order valence-corrected chi connectivity index (χ0v) is 18.2. The number of likely N-dealkylation sites (tertiary alicyclic amines) is 1. The Bertz CT molecular complexity index is 993. The van der Waals surface area contributed by atoms with Gasteiger partial charge in [-0.25, -0.2) is 8.42 Å². The number of sulfonamides is 1. The molecule has 1 fully saturated rings. The van der Waals surface area contributed by atoms with Crippen LogP contribution in [0.25, 0.3) is 0 Å². The third kappa shape index (κ3) is 5.52. The summed E-state index contributed by atoms with van der Waals surface area (Å²) >= 11 is 0. The van der Waals surface area contributed by atoms with Crippen molar-refractivity contribution in [2.45, 2.75) is 30.3 Å². The van der Waals surface area contributed by atoms with Gasteiger partial charge in [0.15, 0.2) is 0 Å². The number of non-ortho nitro benzene ring substituents is 1. The fourth-order valence-electron chi connectivity index (χ4n) is 3.72. The molecule has 10 heteroatoms. The second-order valence-electron chi connectivity index (χ2n) is 7.48. The number of ether oxygens (including phenoxy) is 1. The van der Waals surface area contributed by atoms with Crippen molar-refractivity contribution in [2.24, 2.45) is 0 Å². The molecule has 1 atom stereocenters. The molecule has 0 unspecified atom stereocenters. The molecule has 0 bridgehead atoms. The maximum Gasteiger partial charge on any atom is 0.271 e. The van der Waals surface area contributed by atoms with Gasteiger partial charge in [0.25, 0.3) is 15.7 Å². The molecule has 0 radical (unpaired) electrons. The molecular weight excluding hydrogens is 422 g/mol. The van der Waals surface area contributed by atoms with E-state index in [1.54, 1.807) is 18.2 Å². The maximum atomic E-state index is 13.5. The average Bonchev–Trinajstić information content (AvgIpc) is 2.78. The Kier molecular flexibility index (Phi) is 7.47. The lowest BCUT2D eigenvalue weighted by molar-refractivity contribution is -0.384. The Morgan fingerprint density at radius 3 is 2.45 bits per heavy atom. The molecule has 2 aromatic carbocycles. The summed E-state index contributed by atoms with van der Waals surface area (Å²) in [5.74, 6) is 0.162. The smallest absolute Gasteiger partial charge is 0.271 e. The number of methoxy groups -OCH3 is 1. The van der Waals surface area contributed by atoms with Crippen LogP contribution >= 0.6 is 0 Å². The van der Waals surface area contributed by atoms with Crippen LogP contribution in [0, 0.1) is 10.1 Å². The fraction of sp³-hybridized carbons (Fsp3) is 0.429. The SMILES string of the molecule is COc1ccc([N+](=O)[O-])cc1N(C[C@H](O)CN1CCCCC1)S(=O)(=O)c1ccccc1. The number of nitrogens with zero attached hydrogens (tertiary/aromatic N) is 3. The Balaban J connectivity index is 2.00. The first kappa shape index (κ1) is 23.0. The number of hydrogen-bond donors (Lipinski definition) is 1. The van der Waals surface area contributed by atoms with E-state index in [0.717, 1.165) is 42.7 Å². The monoisotopic (exact) mass is 449 g/mol. The van der Waals surface area contributed by atoms with Crippen LogP contribution in [0.1, 0.15) is 19.3 Å². The number of nitro groups is 1. The highest BCUT2D eigenvalue weighted by Crippen LogP contribution is 2.35. The molecule has 1 aliphatic rings. The van der Waals surface area contributed by atoms with Crippen molar-refractivity contribution in [3.8, 4) is 5.75 Å². The van der Waals surface area contributed by atoms with Crippen LogP contribution in [0.2, 0.25) is 0 Å². The first-order chi connectivity index (χ1) is 14.8. The van der Waals surface area contributed by atoms with Gasteiger partial charge in [0.1, 0.15) is 11.4 Å². The summed E-state index contributed by atoms with van der Waals surface area (Å²) in [5, 5.41) is 22.1. The number of anilines is 1. The number of rotatable bonds is 9. The third-order valence-corrected chi connectivity index (χ3v) is 7.06. The second kappa shape index (κ2) is 10.1. The van der Waals surface area contributed by atoms with Crippen molar-refractivity contribution in [3.63, 3.8) is 0 Å². The minimum Gasteiger partial charge on any atom is -0.495 e. The minimum absolute atomic E-state index is 0.0123. The van der Waals surface area contributed by atoms with Gasteiger partial charge in [0.05, 0.1) is 29.6 Å². The molecule has 0 amide bonds. The zero-order chi connectivity index (χ0) is 22.4. The summed E-state index contributed by atoms with van der Waals surface area (Å²) in [6, 6.07) is 11.6. The van der Waals surface area contributed by atoms with Crippen molar-refractivity contribution in [3.05, 3.63) is 58.6 Å². The van der Waals surface area contributed by atoms with Crippen LogP contribution in [-0.4, -0.2) is 62.7 Å². The molecule has 1 heterocycles. The molecule has 2 aromatic rings. The van der Waals surface area contributed by atoms with Gasteiger partial charge in [-0.1, -0.05) is 24.6 Å². The van der Waals surface area contributed by atoms with Crippen molar-refractivity contribution in [1.82, 2.24) is 4.90 Å². The van der Waals surface area contributed by atoms with Crippen molar-refractivity contribution < 1.29 is 23.2 Å². The van der Waals surface area contributed by atoms with Crippen molar-refractivity contribution >= 4 is 21.4 Å². The standard InChI is InChI=1S/C21H27N3O6S/c1-30-21-11-10-17(24(26)27)14-20(21)23(31(28,29)19-8-4-2-5-9-19)16-18(25)15-22-12-6-3-7-13-22/h2,4-5,8-11,14,18,25H,3,6-7,12-13,15-16H2,1H3/t18-/m1/s1. The lowest BCUT2D eigenvalue weighted by atomic mass is 10.1. The quantitative estimate of drug-likeness (QED) is 0.462. The molecule has 0 aliphatic carbocycles. The van der Waals surface area contributed by atoms with E-state index in [1.807, 2.05) is 0 Å². The van der Waals surface area contributed by atoms with E-state index in [2.05, 4.69) is 4.90 Å². The van der Waals surface area contributed by atoms with Gasteiger partial charge in [-0.3, -0.25) is 14.4 Å². The van der Waals surface area contributed by atoms with E-state index in [9.17, 15) is 23.6 Å². The Hall–Kier alpha value is -2.69. The molecular formula is C21H27N3O6S. The molecule has 168 valence electrons. The number of nitro benzene ring substituents is 1. The summed E-state index contributed by atoms with van der Waals surface area (Å²) in [5.41, 5.74) is -0.257. The molecule has 0 aromatic heterocycles. The van der Waals surface area contributed by atoms with Gasteiger partial charge in [0, 0.05) is 18.7 Å². The second-order valence-corrected chi connectivity index (χ2v) is 9.34. The molecule has 1 aliphatic heterocycles. The predicted octanol–water partition coefficient (Wildman–Crippen LogP) is 2.65. The highest BCUT2D eigenvalue weighted by Gasteiger charge is 2.31. The summed E-state index contributed by atoms with van der Waals surface area (Å²) < 4.78 is 33.3. The van der Waals surface area contributed by atoms with Crippen LogP contribution in [-0.2, 0) is 10.0 Å². The van der Waals surface area contributed by atoms with E-state index >= 15 is 0 Å². The molecule has 1 N–H and O–H groups in total. The molecule has 0 spiro atoms. The normalized spacial score (nSPS) is 15.9. The maximum absolute atomic E-state index is 13.5. The van der Waals surface area contributed by atoms with Gasteiger partial charge in [-0.05, 0) is 44.1 Å². The summed E-state index contributed by atoms with van der Waals surface area (Å²) in [6.07, 6.45) is 2.24. The first-order valence-electron chi connectivity index (χ1n) is 10.1. The van der Waals surface area contributed by atoms with E-state index < -0.39 is 21.1 Å². The molecule has 0 saturated carbocycles. The molecule has 9 nitrogen and oxygen atoms in total. The van der Waals surface area contributed by atoms with E-state index in [0.29, 0.717) is 6.54 Å². The highest BCUT2D eigenvalue weighted by atomic mass is 32.2. The van der Waals surface area contributed by atoms with Crippen LogP contribution in [0.4, 0.5) is 11.4 Å². The number of β-amino-alcohol motifs (C(OH)–C–C–N with tert-alkyl or cyclic N) is 1. The molecule has 1 saturated heterocycles. The number of aliphatic hydroxyl groups excluding tert-OH is 1. The number of piperidine rings is 1. The number of aliphatic hydroxyl groups is 1. The summed E-state index contributed by atoms with van der Waals surface area (Å²) in [4.78, 5) is 12.8. The van der Waals surface area contributed by atoms with Gasteiger partial charge >= 0.3 is 0 Å². The van der Waals surface area contributed by atoms with Crippen molar-refractivity contribution in [2.75, 3.05) is 37.6 Å². The Labute approximate surface area is 182 Å². The predicted molar refractivity (Wildman–Crippen MR) is 117 cm³/mol.